The molecule has 0 atom stereocenters. The van der Waals surface area contributed by atoms with E-state index in [1.165, 1.54) is 116 Å². The summed E-state index contributed by atoms with van der Waals surface area (Å²) in [5.74, 6) is -0.226. The average Bonchev–Trinajstić information content (AvgIpc) is 2.84. The smallest absolute Gasteiger partial charge is 0.338 e. The molecule has 1 rings (SSSR count). The minimum absolute atomic E-state index is 0.226. The predicted molar refractivity (Wildman–Crippen MR) is 149 cm³/mol. The second kappa shape index (κ2) is 21.9. The molecule has 2 heteroatoms. The molecule has 0 aliphatic heterocycles. The van der Waals surface area contributed by atoms with Gasteiger partial charge in [0, 0.05) is 0 Å². The number of rotatable bonds is 23. The van der Waals surface area contributed by atoms with Crippen LogP contribution in [0.5, 0.6) is 0 Å². The lowest BCUT2D eigenvalue weighted by Crippen LogP contribution is -2.08. The fourth-order valence-corrected chi connectivity index (χ4v) is 4.63. The maximum atomic E-state index is 12.3. The van der Waals surface area contributed by atoms with Gasteiger partial charge >= 0.3 is 5.97 Å². The highest BCUT2D eigenvalue weighted by molar-refractivity contribution is 5.95. The molecule has 0 aliphatic rings. The van der Waals surface area contributed by atoms with Crippen LogP contribution in [-0.4, -0.2) is 12.6 Å². The van der Waals surface area contributed by atoms with Crippen LogP contribution in [0.4, 0.5) is 0 Å². The third-order valence-electron chi connectivity index (χ3n) is 6.84. The van der Waals surface area contributed by atoms with Crippen molar-refractivity contribution in [3.8, 4) is 0 Å². The summed E-state index contributed by atoms with van der Waals surface area (Å²) in [6, 6.07) is 7.56. The van der Waals surface area contributed by atoms with Gasteiger partial charge in [0.2, 0.25) is 0 Å². The van der Waals surface area contributed by atoms with E-state index in [9.17, 15) is 4.79 Å². The lowest BCUT2D eigenvalue weighted by atomic mass is 10.0. The molecule has 0 saturated heterocycles. The Morgan fingerprint density at radius 2 is 0.971 bits per heavy atom. The fraction of sp³-hybridized carbons (Fsp3) is 0.719. The van der Waals surface area contributed by atoms with Gasteiger partial charge < -0.3 is 4.74 Å². The Bertz CT molecular complexity index is 634. The Morgan fingerprint density at radius 1 is 0.618 bits per heavy atom. The van der Waals surface area contributed by atoms with Crippen molar-refractivity contribution in [3.05, 3.63) is 42.0 Å². The summed E-state index contributed by atoms with van der Waals surface area (Å²) in [6.07, 6.45) is 27.5. The highest BCUT2D eigenvalue weighted by Gasteiger charge is 2.12. The van der Waals surface area contributed by atoms with E-state index in [2.05, 4.69) is 13.5 Å². The van der Waals surface area contributed by atoms with Crippen molar-refractivity contribution in [2.75, 3.05) is 6.61 Å². The van der Waals surface area contributed by atoms with E-state index in [-0.39, 0.29) is 5.97 Å². The number of unbranched alkanes of at least 4 members (excludes halogenated alkanes) is 19. The number of hydrogen-bond donors (Lipinski definition) is 0. The molecule has 34 heavy (non-hydrogen) atoms. The Balaban J connectivity index is 1.82. The van der Waals surface area contributed by atoms with E-state index in [0.29, 0.717) is 12.2 Å². The number of carbonyl (C=O) groups is 1. The molecule has 0 spiro atoms. The molecule has 0 heterocycles. The number of esters is 1. The summed E-state index contributed by atoms with van der Waals surface area (Å²) < 4.78 is 5.48. The second-order valence-electron chi connectivity index (χ2n) is 10.2. The van der Waals surface area contributed by atoms with Crippen molar-refractivity contribution in [3.63, 3.8) is 0 Å². The third kappa shape index (κ3) is 16.1. The van der Waals surface area contributed by atoms with Crippen LogP contribution in [-0.2, 0) is 4.74 Å². The van der Waals surface area contributed by atoms with Gasteiger partial charge in [-0.15, -0.1) is 0 Å². The Morgan fingerprint density at radius 3 is 1.35 bits per heavy atom. The topological polar surface area (TPSA) is 26.3 Å². The van der Waals surface area contributed by atoms with Gasteiger partial charge in [-0.05, 0) is 25.0 Å². The molecular formula is C32H54O2. The van der Waals surface area contributed by atoms with Crippen LogP contribution >= 0.6 is 0 Å². The van der Waals surface area contributed by atoms with Crippen molar-refractivity contribution < 1.29 is 9.53 Å². The van der Waals surface area contributed by atoms with Crippen LogP contribution in [0.15, 0.2) is 30.8 Å². The number of benzene rings is 1. The zero-order valence-electron chi connectivity index (χ0n) is 22.7. The quantitative estimate of drug-likeness (QED) is 0.117. The molecule has 1 aromatic carbocycles. The van der Waals surface area contributed by atoms with E-state index < -0.39 is 0 Å². The Hall–Kier alpha value is -1.57. The van der Waals surface area contributed by atoms with Gasteiger partial charge in [0.05, 0.1) is 12.2 Å². The van der Waals surface area contributed by atoms with Crippen LogP contribution in [0.2, 0.25) is 0 Å². The van der Waals surface area contributed by atoms with Crippen LogP contribution in [0, 0.1) is 0 Å². The van der Waals surface area contributed by atoms with E-state index in [0.717, 1.165) is 24.0 Å². The molecule has 0 aromatic heterocycles. The van der Waals surface area contributed by atoms with Crippen LogP contribution in [0.25, 0.3) is 5.57 Å². The van der Waals surface area contributed by atoms with E-state index in [1.54, 1.807) is 0 Å². The van der Waals surface area contributed by atoms with Crippen LogP contribution < -0.4 is 0 Å². The van der Waals surface area contributed by atoms with Gasteiger partial charge in [-0.1, -0.05) is 159 Å². The first-order chi connectivity index (χ1) is 16.7. The maximum Gasteiger partial charge on any atom is 0.338 e. The molecule has 0 bridgehead atoms. The van der Waals surface area contributed by atoms with E-state index in [4.69, 9.17) is 4.74 Å². The molecule has 1 aromatic rings. The van der Waals surface area contributed by atoms with Crippen LogP contribution in [0.3, 0.4) is 0 Å². The molecule has 0 aliphatic carbocycles. The lowest BCUT2D eigenvalue weighted by molar-refractivity contribution is 0.0497. The van der Waals surface area contributed by atoms with Gasteiger partial charge in [0.15, 0.2) is 0 Å². The number of hydrogen-bond acceptors (Lipinski definition) is 2. The Kier molecular flexibility index (Phi) is 19.6. The first kappa shape index (κ1) is 30.5. The minimum Gasteiger partial charge on any atom is -0.462 e. The summed E-state index contributed by atoms with van der Waals surface area (Å²) in [5.41, 5.74) is 2.41. The van der Waals surface area contributed by atoms with Crippen molar-refractivity contribution in [2.24, 2.45) is 0 Å². The first-order valence-corrected chi connectivity index (χ1v) is 14.6. The normalized spacial score (nSPS) is 11.0. The zero-order valence-corrected chi connectivity index (χ0v) is 22.7. The first-order valence-electron chi connectivity index (χ1n) is 14.6. The molecule has 0 N–H and O–H groups in total. The number of allylic oxidation sites excluding steroid dienone is 1. The molecule has 0 fully saturated rings. The highest BCUT2D eigenvalue weighted by atomic mass is 16.5. The summed E-state index contributed by atoms with van der Waals surface area (Å²) in [5, 5.41) is 0. The number of carbonyl (C=O) groups excluding carboxylic acids is 1. The highest BCUT2D eigenvalue weighted by Crippen LogP contribution is 2.18. The van der Waals surface area contributed by atoms with Gasteiger partial charge in [0.25, 0.3) is 0 Å². The van der Waals surface area contributed by atoms with Crippen molar-refractivity contribution in [2.45, 2.75) is 142 Å². The van der Waals surface area contributed by atoms with Gasteiger partial charge in [0.1, 0.15) is 0 Å². The molecule has 194 valence electrons. The van der Waals surface area contributed by atoms with Crippen molar-refractivity contribution in [1.29, 1.82) is 0 Å². The van der Waals surface area contributed by atoms with Crippen molar-refractivity contribution in [1.82, 2.24) is 0 Å². The SMILES string of the molecule is C=C(C)c1ccccc1C(=O)OCCCCCCCCCCCCCCCCCCCCCC. The van der Waals surface area contributed by atoms with Gasteiger partial charge in [-0.3, -0.25) is 0 Å². The fourth-order valence-electron chi connectivity index (χ4n) is 4.63. The second-order valence-corrected chi connectivity index (χ2v) is 10.2. The van der Waals surface area contributed by atoms with Crippen molar-refractivity contribution >= 4 is 11.5 Å². The van der Waals surface area contributed by atoms with Gasteiger partial charge in [-0.25, -0.2) is 4.79 Å². The van der Waals surface area contributed by atoms with E-state index in [1.807, 2.05) is 31.2 Å². The zero-order chi connectivity index (χ0) is 24.7. The summed E-state index contributed by atoms with van der Waals surface area (Å²) in [7, 11) is 0. The summed E-state index contributed by atoms with van der Waals surface area (Å²) in [4.78, 5) is 12.3. The summed E-state index contributed by atoms with van der Waals surface area (Å²) >= 11 is 0. The Labute approximate surface area is 212 Å². The average molecular weight is 471 g/mol. The largest absolute Gasteiger partial charge is 0.462 e. The molecule has 0 saturated carbocycles. The maximum absolute atomic E-state index is 12.3. The molecule has 0 amide bonds. The number of ether oxygens (including phenoxy) is 1. The molecule has 0 radical (unpaired) electrons. The minimum atomic E-state index is -0.226. The molecular weight excluding hydrogens is 416 g/mol. The molecule has 0 unspecified atom stereocenters. The lowest BCUT2D eigenvalue weighted by Gasteiger charge is -2.09. The van der Waals surface area contributed by atoms with E-state index >= 15 is 0 Å². The summed E-state index contributed by atoms with van der Waals surface area (Å²) in [6.45, 7) is 8.68. The third-order valence-corrected chi connectivity index (χ3v) is 6.84. The molecule has 2 nitrogen and oxygen atoms in total. The monoisotopic (exact) mass is 470 g/mol. The van der Waals surface area contributed by atoms with Gasteiger partial charge in [-0.2, -0.15) is 0 Å². The predicted octanol–water partition coefficient (Wildman–Crippen LogP) is 10.7. The van der Waals surface area contributed by atoms with Crippen LogP contribution in [0.1, 0.15) is 158 Å². The standard InChI is InChI=1S/C32H54O2/c1-4-5-6-7-8-9-10-11-12-13-14-15-16-17-18-19-20-21-22-25-28-34-32(33)31-27-24-23-26-30(31)29(2)3/h23-24,26-27H,2,4-22,25,28H2,1,3H3.